The molecule has 0 radical (unpaired) electrons. The number of rotatable bonds is 7. The third-order valence-corrected chi connectivity index (χ3v) is 4.27. The number of aliphatic hydroxyl groups excluding tert-OH is 1. The highest BCUT2D eigenvalue weighted by molar-refractivity contribution is 5.44. The van der Waals surface area contributed by atoms with Crippen LogP contribution in [0.3, 0.4) is 0 Å². The second kappa shape index (κ2) is 8.52. The van der Waals surface area contributed by atoms with Crippen LogP contribution in [0.5, 0.6) is 11.5 Å². The second-order valence-electron chi connectivity index (χ2n) is 6.60. The highest BCUT2D eigenvalue weighted by atomic mass is 16.5. The molecule has 1 aliphatic rings. The topological polar surface area (TPSA) is 54.0 Å². The predicted octanol–water partition coefficient (Wildman–Crippen LogP) is 2.06. The van der Waals surface area contributed by atoms with Gasteiger partial charge in [-0.3, -0.25) is 4.90 Å². The molecule has 1 heterocycles. The zero-order chi connectivity index (χ0) is 16.8. The number of methoxy groups -OCH3 is 1. The molecule has 130 valence electrons. The lowest BCUT2D eigenvalue weighted by atomic mass is 10.0. The largest absolute Gasteiger partial charge is 0.493 e. The fourth-order valence-corrected chi connectivity index (χ4v) is 2.99. The third kappa shape index (κ3) is 4.59. The molecule has 2 rings (SSSR count). The van der Waals surface area contributed by atoms with Gasteiger partial charge in [0.25, 0.3) is 0 Å². The van der Waals surface area contributed by atoms with Crippen LogP contribution in [0.25, 0.3) is 0 Å². The highest BCUT2D eigenvalue weighted by Gasteiger charge is 2.27. The Bertz CT molecular complexity index is 493. The van der Waals surface area contributed by atoms with Crippen molar-refractivity contribution >= 4 is 0 Å². The molecule has 2 atom stereocenters. The van der Waals surface area contributed by atoms with Gasteiger partial charge in [0.15, 0.2) is 11.5 Å². The van der Waals surface area contributed by atoms with E-state index in [2.05, 4.69) is 31.0 Å². The molecule has 5 nitrogen and oxygen atoms in total. The normalized spacial score (nSPS) is 20.5. The van der Waals surface area contributed by atoms with Crippen LogP contribution in [0.2, 0.25) is 0 Å². The van der Waals surface area contributed by atoms with E-state index in [0.717, 1.165) is 36.7 Å². The molecule has 23 heavy (non-hydrogen) atoms. The summed E-state index contributed by atoms with van der Waals surface area (Å²) in [4.78, 5) is 2.35. The first-order valence-corrected chi connectivity index (χ1v) is 8.44. The van der Waals surface area contributed by atoms with Crippen molar-refractivity contribution in [2.45, 2.75) is 32.9 Å². The summed E-state index contributed by atoms with van der Waals surface area (Å²) in [5.74, 6) is 1.95. The number of ether oxygens (including phenoxy) is 2. The van der Waals surface area contributed by atoms with E-state index in [0.29, 0.717) is 18.6 Å². The van der Waals surface area contributed by atoms with Crippen molar-refractivity contribution in [3.8, 4) is 11.5 Å². The number of hydrogen-bond acceptors (Lipinski definition) is 5. The van der Waals surface area contributed by atoms with Crippen molar-refractivity contribution in [1.82, 2.24) is 10.2 Å². The van der Waals surface area contributed by atoms with Crippen LogP contribution in [0.4, 0.5) is 0 Å². The van der Waals surface area contributed by atoms with Crippen molar-refractivity contribution in [3.05, 3.63) is 23.8 Å². The summed E-state index contributed by atoms with van der Waals surface area (Å²) in [5.41, 5.74) is 1.06. The number of nitrogens with zero attached hydrogens (tertiary/aromatic N) is 1. The average molecular weight is 322 g/mol. The first-order valence-electron chi connectivity index (χ1n) is 8.44. The molecule has 0 amide bonds. The minimum atomic E-state index is -0.0138. The van der Waals surface area contributed by atoms with Crippen molar-refractivity contribution in [2.75, 3.05) is 40.0 Å². The van der Waals surface area contributed by atoms with Crippen LogP contribution < -0.4 is 14.8 Å². The minimum absolute atomic E-state index is 0.0138. The lowest BCUT2D eigenvalue weighted by Gasteiger charge is -2.39. The van der Waals surface area contributed by atoms with Crippen LogP contribution in [0, 0.1) is 5.92 Å². The van der Waals surface area contributed by atoms with Crippen molar-refractivity contribution < 1.29 is 14.6 Å². The van der Waals surface area contributed by atoms with Gasteiger partial charge in [0.05, 0.1) is 26.4 Å². The first-order chi connectivity index (χ1) is 11.1. The maximum absolute atomic E-state index is 9.92. The van der Waals surface area contributed by atoms with E-state index in [1.165, 1.54) is 0 Å². The van der Waals surface area contributed by atoms with Gasteiger partial charge in [0.1, 0.15) is 0 Å². The highest BCUT2D eigenvalue weighted by Crippen LogP contribution is 2.33. The Labute approximate surface area is 139 Å². The summed E-state index contributed by atoms with van der Waals surface area (Å²) >= 11 is 0. The summed E-state index contributed by atoms with van der Waals surface area (Å²) in [5, 5.41) is 13.3. The fourth-order valence-electron chi connectivity index (χ4n) is 2.99. The minimum Gasteiger partial charge on any atom is -0.493 e. The van der Waals surface area contributed by atoms with Crippen LogP contribution in [0.15, 0.2) is 18.2 Å². The summed E-state index contributed by atoms with van der Waals surface area (Å²) in [6.07, 6.45) is 0. The Hall–Kier alpha value is -1.30. The quantitative estimate of drug-likeness (QED) is 0.805. The maximum Gasteiger partial charge on any atom is 0.161 e. The maximum atomic E-state index is 9.92. The van der Waals surface area contributed by atoms with E-state index in [9.17, 15) is 5.11 Å². The molecule has 1 saturated heterocycles. The van der Waals surface area contributed by atoms with Gasteiger partial charge < -0.3 is 19.9 Å². The Morgan fingerprint density at radius 3 is 2.74 bits per heavy atom. The third-order valence-electron chi connectivity index (χ3n) is 4.27. The van der Waals surface area contributed by atoms with Crippen LogP contribution in [0.1, 0.15) is 32.4 Å². The van der Waals surface area contributed by atoms with Crippen LogP contribution in [-0.4, -0.2) is 56.0 Å². The van der Waals surface area contributed by atoms with Crippen molar-refractivity contribution in [1.29, 1.82) is 0 Å². The molecular weight excluding hydrogens is 292 g/mol. The van der Waals surface area contributed by atoms with Gasteiger partial charge in [-0.05, 0) is 30.5 Å². The van der Waals surface area contributed by atoms with Crippen molar-refractivity contribution in [2.24, 2.45) is 5.92 Å². The molecule has 1 aromatic carbocycles. The molecule has 0 aliphatic carbocycles. The van der Waals surface area contributed by atoms with Gasteiger partial charge in [-0.25, -0.2) is 0 Å². The predicted molar refractivity (Wildman–Crippen MR) is 92.2 cm³/mol. The molecule has 5 heteroatoms. The molecule has 0 bridgehead atoms. The van der Waals surface area contributed by atoms with Gasteiger partial charge in [-0.15, -0.1) is 0 Å². The van der Waals surface area contributed by atoms with E-state index < -0.39 is 0 Å². The summed E-state index contributed by atoms with van der Waals surface area (Å²) in [6.45, 7) is 10.0. The second-order valence-corrected chi connectivity index (χ2v) is 6.60. The summed E-state index contributed by atoms with van der Waals surface area (Å²) in [6, 6.07) is 6.36. The van der Waals surface area contributed by atoms with Gasteiger partial charge in [0, 0.05) is 25.7 Å². The van der Waals surface area contributed by atoms with Crippen molar-refractivity contribution in [3.63, 3.8) is 0 Å². The van der Waals surface area contributed by atoms with Crippen LogP contribution >= 0.6 is 0 Å². The molecule has 1 fully saturated rings. The Morgan fingerprint density at radius 1 is 1.35 bits per heavy atom. The molecule has 0 spiro atoms. The molecule has 1 aromatic rings. The Kier molecular flexibility index (Phi) is 6.69. The van der Waals surface area contributed by atoms with Gasteiger partial charge in [-0.1, -0.05) is 19.9 Å². The van der Waals surface area contributed by atoms with E-state index in [-0.39, 0.29) is 12.6 Å². The number of hydrogen-bond donors (Lipinski definition) is 2. The van der Waals surface area contributed by atoms with Gasteiger partial charge in [-0.2, -0.15) is 0 Å². The van der Waals surface area contributed by atoms with E-state index in [4.69, 9.17) is 9.47 Å². The zero-order valence-electron chi connectivity index (χ0n) is 14.7. The molecule has 1 aliphatic heterocycles. The first kappa shape index (κ1) is 18.0. The van der Waals surface area contributed by atoms with E-state index >= 15 is 0 Å². The standard InChI is InChI=1S/C18H30N2O3/c1-13(2)12-23-17-6-5-15(9-18(17)22-4)16(11-21)20-8-7-19-10-14(20)3/h5-6,9,13-14,16,19,21H,7-8,10-12H2,1-4H3. The lowest BCUT2D eigenvalue weighted by molar-refractivity contribution is 0.0721. The molecule has 2 unspecified atom stereocenters. The fraction of sp³-hybridized carbons (Fsp3) is 0.667. The lowest BCUT2D eigenvalue weighted by Crippen LogP contribution is -2.51. The SMILES string of the molecule is COc1cc(C(CO)N2CCNCC2C)ccc1OCC(C)C. The summed E-state index contributed by atoms with van der Waals surface area (Å²) < 4.78 is 11.3. The molecular formula is C18H30N2O3. The summed E-state index contributed by atoms with van der Waals surface area (Å²) in [7, 11) is 1.66. The van der Waals surface area contributed by atoms with E-state index in [1.807, 2.05) is 18.2 Å². The number of piperazine rings is 1. The smallest absolute Gasteiger partial charge is 0.161 e. The number of nitrogens with one attached hydrogen (secondary N) is 1. The van der Waals surface area contributed by atoms with Gasteiger partial charge in [0.2, 0.25) is 0 Å². The Balaban J connectivity index is 2.19. The number of aliphatic hydroxyl groups is 1. The monoisotopic (exact) mass is 322 g/mol. The molecule has 2 N–H and O–H groups in total. The zero-order valence-corrected chi connectivity index (χ0v) is 14.7. The Morgan fingerprint density at radius 2 is 2.13 bits per heavy atom. The molecule has 0 aromatic heterocycles. The van der Waals surface area contributed by atoms with Crippen LogP contribution in [-0.2, 0) is 0 Å². The average Bonchev–Trinajstić information content (AvgIpc) is 2.55. The van der Waals surface area contributed by atoms with Gasteiger partial charge >= 0.3 is 0 Å². The van der Waals surface area contributed by atoms with E-state index in [1.54, 1.807) is 7.11 Å². The number of benzene rings is 1. The molecule has 0 saturated carbocycles.